The van der Waals surface area contributed by atoms with Gasteiger partial charge in [0.05, 0.1) is 6.54 Å². The van der Waals surface area contributed by atoms with Crippen molar-refractivity contribution in [2.24, 2.45) is 0 Å². The molecule has 0 radical (unpaired) electrons. The van der Waals surface area contributed by atoms with Crippen molar-refractivity contribution < 1.29 is 9.59 Å². The van der Waals surface area contributed by atoms with Crippen LogP contribution in [0.4, 0.5) is 5.82 Å². The van der Waals surface area contributed by atoms with Crippen LogP contribution in [0.5, 0.6) is 0 Å². The van der Waals surface area contributed by atoms with Crippen LogP contribution in [0.25, 0.3) is 0 Å². The number of nitrogens with zero attached hydrogens (tertiary/aromatic N) is 2. The Bertz CT molecular complexity index is 421. The highest BCUT2D eigenvalue weighted by atomic mass is 16.2. The lowest BCUT2D eigenvalue weighted by molar-refractivity contribution is -0.121. The van der Waals surface area contributed by atoms with Gasteiger partial charge in [-0.3, -0.25) is 14.7 Å². The summed E-state index contributed by atoms with van der Waals surface area (Å²) in [5.74, 6) is -0.313. The molecule has 0 aliphatic carbocycles. The smallest absolute Gasteiger partial charge is 0.259 e. The number of aromatic nitrogens is 2. The Kier molecular flexibility index (Phi) is 4.70. The topological polar surface area (TPSA) is 104 Å². The van der Waals surface area contributed by atoms with E-state index in [1.54, 1.807) is 6.92 Å². The van der Waals surface area contributed by atoms with Crippen LogP contribution in [0.15, 0.2) is 0 Å². The van der Waals surface area contributed by atoms with E-state index in [2.05, 4.69) is 15.5 Å². The molecule has 0 fully saturated rings. The third-order valence-corrected chi connectivity index (χ3v) is 2.57. The number of amides is 2. The highest BCUT2D eigenvalue weighted by Crippen LogP contribution is 2.14. The van der Waals surface area contributed by atoms with Crippen LogP contribution in [0.3, 0.4) is 0 Å². The summed E-state index contributed by atoms with van der Waals surface area (Å²) in [4.78, 5) is 25.2. The van der Waals surface area contributed by atoms with Gasteiger partial charge in [0.25, 0.3) is 5.91 Å². The zero-order chi connectivity index (χ0) is 13.7. The van der Waals surface area contributed by atoms with E-state index in [1.807, 2.05) is 13.8 Å². The molecule has 1 aromatic heterocycles. The second-order valence-corrected chi connectivity index (χ2v) is 3.88. The lowest BCUT2D eigenvalue weighted by Gasteiger charge is -2.20. The number of hydrogen-bond donors (Lipinski definition) is 3. The number of nitrogens with two attached hydrogens (primary N) is 1. The zero-order valence-corrected chi connectivity index (χ0v) is 10.9. The Morgan fingerprint density at radius 2 is 2.11 bits per heavy atom. The second-order valence-electron chi connectivity index (χ2n) is 3.88. The van der Waals surface area contributed by atoms with E-state index in [4.69, 9.17) is 5.73 Å². The Morgan fingerprint density at radius 3 is 2.56 bits per heavy atom. The average molecular weight is 253 g/mol. The number of carbonyl (C=O) groups excluding carboxylic acids is 2. The first kappa shape index (κ1) is 14.0. The Balaban J connectivity index is 2.83. The second kappa shape index (κ2) is 6.04. The maximum Gasteiger partial charge on any atom is 0.259 e. The monoisotopic (exact) mass is 253 g/mol. The van der Waals surface area contributed by atoms with Crippen LogP contribution in [0.1, 0.15) is 29.9 Å². The number of rotatable bonds is 5. The maximum atomic E-state index is 12.2. The molecular weight excluding hydrogens is 234 g/mol. The Labute approximate surface area is 106 Å². The fourth-order valence-corrected chi connectivity index (χ4v) is 1.63. The van der Waals surface area contributed by atoms with Gasteiger partial charge >= 0.3 is 0 Å². The van der Waals surface area contributed by atoms with Crippen LogP contribution in [-0.2, 0) is 4.79 Å². The lowest BCUT2D eigenvalue weighted by atomic mass is 10.2. The molecule has 18 heavy (non-hydrogen) atoms. The van der Waals surface area contributed by atoms with Crippen molar-refractivity contribution in [1.82, 2.24) is 20.4 Å². The van der Waals surface area contributed by atoms with Gasteiger partial charge in [-0.2, -0.15) is 5.10 Å². The van der Waals surface area contributed by atoms with Crippen molar-refractivity contribution in [2.45, 2.75) is 20.8 Å². The van der Waals surface area contributed by atoms with Gasteiger partial charge in [0.15, 0.2) is 5.82 Å². The van der Waals surface area contributed by atoms with Gasteiger partial charge in [0.2, 0.25) is 5.91 Å². The number of nitrogen functional groups attached to an aromatic ring is 1. The molecule has 0 saturated heterocycles. The van der Waals surface area contributed by atoms with Crippen LogP contribution < -0.4 is 11.1 Å². The van der Waals surface area contributed by atoms with Gasteiger partial charge in [-0.1, -0.05) is 0 Å². The predicted octanol–water partition coefficient (Wildman–Crippen LogP) is -0.101. The highest BCUT2D eigenvalue weighted by Gasteiger charge is 2.22. The van der Waals surface area contributed by atoms with Crippen molar-refractivity contribution >= 4 is 17.6 Å². The van der Waals surface area contributed by atoms with E-state index in [-0.39, 0.29) is 24.2 Å². The number of likely N-dealkylation sites (N-methyl/N-ethyl adjacent to an activating group) is 2. The van der Waals surface area contributed by atoms with E-state index in [1.165, 1.54) is 4.90 Å². The minimum absolute atomic E-state index is 0.0211. The molecule has 2 amide bonds. The Morgan fingerprint density at radius 1 is 1.44 bits per heavy atom. The third kappa shape index (κ3) is 2.99. The van der Waals surface area contributed by atoms with E-state index in [9.17, 15) is 9.59 Å². The van der Waals surface area contributed by atoms with Crippen LogP contribution in [0, 0.1) is 6.92 Å². The van der Waals surface area contributed by atoms with E-state index >= 15 is 0 Å². The van der Waals surface area contributed by atoms with Gasteiger partial charge in [0.1, 0.15) is 5.56 Å². The molecule has 100 valence electrons. The predicted molar refractivity (Wildman–Crippen MR) is 68.0 cm³/mol. The molecule has 0 aliphatic heterocycles. The number of hydrogen-bond acceptors (Lipinski definition) is 4. The summed E-state index contributed by atoms with van der Waals surface area (Å²) in [6, 6.07) is 0. The average Bonchev–Trinajstić information content (AvgIpc) is 2.65. The zero-order valence-electron chi connectivity index (χ0n) is 10.9. The van der Waals surface area contributed by atoms with Crippen LogP contribution >= 0.6 is 0 Å². The molecule has 0 aromatic carbocycles. The minimum atomic E-state index is -0.285. The summed E-state index contributed by atoms with van der Waals surface area (Å²) >= 11 is 0. The van der Waals surface area contributed by atoms with Gasteiger partial charge < -0.3 is 16.0 Å². The van der Waals surface area contributed by atoms with E-state index in [0.29, 0.717) is 24.3 Å². The standard InChI is InChI=1S/C11H19N5O2/c1-4-13-8(17)6-16(5-2)11(18)9-7(3)14-15-10(9)12/h4-6H2,1-3H3,(H,13,17)(H3,12,14,15). The van der Waals surface area contributed by atoms with Crippen molar-refractivity contribution in [3.63, 3.8) is 0 Å². The highest BCUT2D eigenvalue weighted by molar-refractivity contribution is 6.01. The number of nitrogens with one attached hydrogen (secondary N) is 2. The van der Waals surface area contributed by atoms with E-state index in [0.717, 1.165) is 0 Å². The molecule has 1 heterocycles. The van der Waals surface area contributed by atoms with Gasteiger partial charge in [-0.25, -0.2) is 0 Å². The largest absolute Gasteiger partial charge is 0.382 e. The minimum Gasteiger partial charge on any atom is -0.382 e. The molecule has 1 rings (SSSR count). The normalized spacial score (nSPS) is 10.2. The maximum absolute atomic E-state index is 12.2. The van der Waals surface area contributed by atoms with Crippen molar-refractivity contribution in [3.05, 3.63) is 11.3 Å². The van der Waals surface area contributed by atoms with Crippen molar-refractivity contribution in [3.8, 4) is 0 Å². The number of anilines is 1. The Hall–Kier alpha value is -2.05. The first-order chi connectivity index (χ1) is 8.51. The van der Waals surface area contributed by atoms with Gasteiger partial charge in [-0.05, 0) is 20.8 Å². The summed E-state index contributed by atoms with van der Waals surface area (Å²) < 4.78 is 0. The summed E-state index contributed by atoms with van der Waals surface area (Å²) in [7, 11) is 0. The van der Waals surface area contributed by atoms with Crippen molar-refractivity contribution in [2.75, 3.05) is 25.4 Å². The summed E-state index contributed by atoms with van der Waals surface area (Å²) in [5.41, 5.74) is 6.57. The van der Waals surface area contributed by atoms with Crippen LogP contribution in [-0.4, -0.2) is 46.5 Å². The number of aromatic amines is 1. The summed E-state index contributed by atoms with van der Waals surface area (Å²) in [6.07, 6.45) is 0. The molecule has 0 spiro atoms. The molecule has 0 bridgehead atoms. The summed E-state index contributed by atoms with van der Waals surface area (Å²) in [6.45, 7) is 6.35. The molecule has 0 unspecified atom stereocenters. The number of carbonyl (C=O) groups is 2. The fraction of sp³-hybridized carbons (Fsp3) is 0.545. The van der Waals surface area contributed by atoms with Crippen molar-refractivity contribution in [1.29, 1.82) is 0 Å². The van der Waals surface area contributed by atoms with Crippen LogP contribution in [0.2, 0.25) is 0 Å². The first-order valence-corrected chi connectivity index (χ1v) is 5.87. The molecule has 0 aliphatic rings. The molecule has 7 heteroatoms. The van der Waals surface area contributed by atoms with E-state index < -0.39 is 0 Å². The number of H-pyrrole nitrogens is 1. The number of aryl methyl sites for hydroxylation is 1. The molecule has 4 N–H and O–H groups in total. The molecule has 7 nitrogen and oxygen atoms in total. The quantitative estimate of drug-likeness (QED) is 0.681. The molecular formula is C11H19N5O2. The lowest BCUT2D eigenvalue weighted by Crippen LogP contribution is -2.40. The molecule has 0 saturated carbocycles. The fourth-order valence-electron chi connectivity index (χ4n) is 1.63. The summed E-state index contributed by atoms with van der Waals surface area (Å²) in [5, 5.41) is 9.08. The molecule has 0 atom stereocenters. The molecule has 1 aromatic rings. The third-order valence-electron chi connectivity index (χ3n) is 2.57. The SMILES string of the molecule is CCNC(=O)CN(CC)C(=O)c1c(N)n[nH]c1C. The van der Waals surface area contributed by atoms with Gasteiger partial charge in [0, 0.05) is 18.8 Å². The van der Waals surface area contributed by atoms with Gasteiger partial charge in [-0.15, -0.1) is 0 Å². The first-order valence-electron chi connectivity index (χ1n) is 5.87.